The van der Waals surface area contributed by atoms with E-state index in [1.807, 2.05) is 35.2 Å². The first-order valence-electron chi connectivity index (χ1n) is 11.4. The Morgan fingerprint density at radius 1 is 1.13 bits per heavy atom. The molecule has 0 fully saturated rings. The van der Waals surface area contributed by atoms with Gasteiger partial charge in [0.2, 0.25) is 5.91 Å². The summed E-state index contributed by atoms with van der Waals surface area (Å²) in [5, 5.41) is 0. The zero-order valence-electron chi connectivity index (χ0n) is 19.3. The number of aromatic nitrogens is 2. The Morgan fingerprint density at radius 2 is 1.87 bits per heavy atom. The minimum absolute atomic E-state index is 0.110. The van der Waals surface area contributed by atoms with Gasteiger partial charge in [0, 0.05) is 18.7 Å². The van der Waals surface area contributed by atoms with E-state index in [0.717, 1.165) is 60.5 Å². The normalized spacial score (nSPS) is 11.3. The fourth-order valence-corrected chi connectivity index (χ4v) is 3.81. The second-order valence-corrected chi connectivity index (χ2v) is 8.51. The van der Waals surface area contributed by atoms with Crippen molar-refractivity contribution in [2.24, 2.45) is 5.92 Å². The molecule has 3 aromatic rings. The van der Waals surface area contributed by atoms with Crippen LogP contribution >= 0.6 is 0 Å². The van der Waals surface area contributed by atoms with E-state index in [9.17, 15) is 4.79 Å². The van der Waals surface area contributed by atoms with Gasteiger partial charge in [0.15, 0.2) is 0 Å². The maximum atomic E-state index is 13.4. The second-order valence-electron chi connectivity index (χ2n) is 8.51. The van der Waals surface area contributed by atoms with Gasteiger partial charge in [-0.05, 0) is 37.0 Å². The number of ether oxygens (including phenoxy) is 1. The average Bonchev–Trinajstić information content (AvgIpc) is 3.12. The predicted molar refractivity (Wildman–Crippen MR) is 126 cm³/mol. The van der Waals surface area contributed by atoms with Crippen LogP contribution in [-0.2, 0) is 24.3 Å². The second kappa shape index (κ2) is 11.0. The van der Waals surface area contributed by atoms with Gasteiger partial charge in [0.25, 0.3) is 0 Å². The van der Waals surface area contributed by atoms with E-state index >= 15 is 0 Å². The van der Waals surface area contributed by atoms with Crippen LogP contribution in [0.4, 0.5) is 0 Å². The molecule has 0 saturated carbocycles. The number of rotatable bonds is 11. The number of carbonyl (C=O) groups is 1. The Balaban J connectivity index is 1.88. The highest BCUT2D eigenvalue weighted by atomic mass is 16.5. The molecule has 2 aromatic carbocycles. The smallest absolute Gasteiger partial charge is 0.227 e. The molecule has 166 valence electrons. The molecule has 5 nitrogen and oxygen atoms in total. The lowest BCUT2D eigenvalue weighted by molar-refractivity contribution is -0.131. The number of benzene rings is 2. The number of aryl methyl sites for hydroxylation is 1. The number of carbonyl (C=O) groups excluding carboxylic acids is 1. The van der Waals surface area contributed by atoms with Crippen molar-refractivity contribution < 1.29 is 9.53 Å². The number of imidazole rings is 1. The van der Waals surface area contributed by atoms with E-state index in [1.165, 1.54) is 0 Å². The van der Waals surface area contributed by atoms with Crippen LogP contribution in [0.5, 0.6) is 5.75 Å². The molecular formula is C26H35N3O2. The Bertz CT molecular complexity index is 993. The highest BCUT2D eigenvalue weighted by molar-refractivity contribution is 5.80. The molecule has 0 bridgehead atoms. The van der Waals surface area contributed by atoms with Gasteiger partial charge in [-0.2, -0.15) is 0 Å². The van der Waals surface area contributed by atoms with Gasteiger partial charge in [0.05, 0.1) is 31.1 Å². The lowest BCUT2D eigenvalue weighted by Crippen LogP contribution is -2.34. The molecule has 1 aromatic heterocycles. The molecule has 1 amide bonds. The third-order valence-electron chi connectivity index (χ3n) is 5.66. The predicted octanol–water partition coefficient (Wildman–Crippen LogP) is 5.46. The van der Waals surface area contributed by atoms with Crippen molar-refractivity contribution in [1.29, 1.82) is 0 Å². The summed E-state index contributed by atoms with van der Waals surface area (Å²) in [5.41, 5.74) is 3.06. The Kier molecular flexibility index (Phi) is 8.10. The van der Waals surface area contributed by atoms with Crippen LogP contribution in [0, 0.1) is 5.92 Å². The van der Waals surface area contributed by atoms with E-state index in [4.69, 9.17) is 9.72 Å². The lowest BCUT2D eigenvalue weighted by atomic mass is 10.1. The number of fused-ring (bicyclic) bond motifs is 1. The van der Waals surface area contributed by atoms with E-state index < -0.39 is 0 Å². The molecular weight excluding hydrogens is 386 g/mol. The van der Waals surface area contributed by atoms with Crippen LogP contribution in [0.1, 0.15) is 51.4 Å². The molecule has 0 aliphatic carbocycles. The number of hydrogen-bond donors (Lipinski definition) is 0. The number of amides is 1. The highest BCUT2D eigenvalue weighted by Crippen LogP contribution is 2.22. The first-order valence-corrected chi connectivity index (χ1v) is 11.4. The van der Waals surface area contributed by atoms with Crippen LogP contribution in [0.25, 0.3) is 11.0 Å². The van der Waals surface area contributed by atoms with Crippen molar-refractivity contribution in [3.05, 3.63) is 59.9 Å². The van der Waals surface area contributed by atoms with Crippen LogP contribution < -0.4 is 4.74 Å². The number of nitrogens with zero attached hydrogens (tertiary/aromatic N) is 3. The molecule has 0 atom stereocenters. The summed E-state index contributed by atoms with van der Waals surface area (Å²) in [4.78, 5) is 20.2. The number of unbranched alkanes of at least 4 members (excludes halogenated alkanes) is 1. The van der Waals surface area contributed by atoms with Crippen molar-refractivity contribution in [3.8, 4) is 5.75 Å². The highest BCUT2D eigenvalue weighted by Gasteiger charge is 2.20. The van der Waals surface area contributed by atoms with E-state index in [2.05, 4.69) is 43.5 Å². The summed E-state index contributed by atoms with van der Waals surface area (Å²) < 4.78 is 7.75. The molecule has 0 N–H and O–H groups in total. The van der Waals surface area contributed by atoms with Gasteiger partial charge >= 0.3 is 0 Å². The number of hydrogen-bond acceptors (Lipinski definition) is 3. The summed E-state index contributed by atoms with van der Waals surface area (Å²) in [5.74, 6) is 2.36. The lowest BCUT2D eigenvalue weighted by Gasteiger charge is -2.24. The first-order chi connectivity index (χ1) is 15.0. The molecule has 0 spiro atoms. The van der Waals surface area contributed by atoms with Gasteiger partial charge in [-0.15, -0.1) is 0 Å². The van der Waals surface area contributed by atoms with E-state index in [-0.39, 0.29) is 5.91 Å². The summed E-state index contributed by atoms with van der Waals surface area (Å²) in [6, 6.07) is 16.0. The van der Waals surface area contributed by atoms with Gasteiger partial charge in [-0.3, -0.25) is 4.79 Å². The Hall–Kier alpha value is -2.82. The van der Waals surface area contributed by atoms with Crippen molar-refractivity contribution >= 4 is 16.9 Å². The fraction of sp³-hybridized carbons (Fsp3) is 0.462. The van der Waals surface area contributed by atoms with Crippen molar-refractivity contribution in [2.75, 3.05) is 13.7 Å². The van der Waals surface area contributed by atoms with Crippen molar-refractivity contribution in [3.63, 3.8) is 0 Å². The minimum Gasteiger partial charge on any atom is -0.496 e. The van der Waals surface area contributed by atoms with Crippen LogP contribution in [-0.4, -0.2) is 34.0 Å². The topological polar surface area (TPSA) is 47.4 Å². The number of methoxy groups -OCH3 is 1. The Morgan fingerprint density at radius 3 is 2.61 bits per heavy atom. The molecule has 3 rings (SSSR count). The maximum Gasteiger partial charge on any atom is 0.227 e. The fourth-order valence-electron chi connectivity index (χ4n) is 3.81. The monoisotopic (exact) mass is 421 g/mol. The molecule has 0 radical (unpaired) electrons. The van der Waals surface area contributed by atoms with Crippen LogP contribution in [0.3, 0.4) is 0 Å². The van der Waals surface area contributed by atoms with Crippen molar-refractivity contribution in [1.82, 2.24) is 14.5 Å². The molecule has 1 heterocycles. The summed E-state index contributed by atoms with van der Waals surface area (Å²) in [6.07, 6.45) is 3.51. The molecule has 0 unspecified atom stereocenters. The standard InChI is InChI=1S/C26H35N3O2/c1-5-6-16-29-23-13-9-8-12-22(23)27-25(29)19-28(17-15-20(2)3)26(30)18-21-11-7-10-14-24(21)31-4/h7-14,20H,5-6,15-19H2,1-4H3. The van der Waals surface area contributed by atoms with E-state index in [1.54, 1.807) is 7.11 Å². The molecule has 5 heteroatoms. The summed E-state index contributed by atoms with van der Waals surface area (Å²) in [6.45, 7) is 8.76. The first kappa shape index (κ1) is 22.9. The summed E-state index contributed by atoms with van der Waals surface area (Å²) in [7, 11) is 1.65. The van der Waals surface area contributed by atoms with Gasteiger partial charge in [0.1, 0.15) is 11.6 Å². The number of para-hydroxylation sites is 3. The third kappa shape index (κ3) is 5.87. The van der Waals surface area contributed by atoms with E-state index in [0.29, 0.717) is 18.9 Å². The van der Waals surface area contributed by atoms with Gasteiger partial charge in [-0.25, -0.2) is 4.98 Å². The molecule has 0 aliphatic rings. The zero-order chi connectivity index (χ0) is 22.2. The summed E-state index contributed by atoms with van der Waals surface area (Å²) >= 11 is 0. The average molecular weight is 422 g/mol. The SMILES string of the molecule is CCCCn1c(CN(CCC(C)C)C(=O)Cc2ccccc2OC)nc2ccccc21. The molecule has 0 saturated heterocycles. The van der Waals surface area contributed by atoms with Gasteiger partial charge in [-0.1, -0.05) is 57.5 Å². The quantitative estimate of drug-likeness (QED) is 0.413. The third-order valence-corrected chi connectivity index (χ3v) is 5.66. The van der Waals surface area contributed by atoms with Crippen molar-refractivity contribution in [2.45, 2.75) is 59.5 Å². The maximum absolute atomic E-state index is 13.4. The van der Waals surface area contributed by atoms with Gasteiger partial charge < -0.3 is 14.2 Å². The largest absolute Gasteiger partial charge is 0.496 e. The minimum atomic E-state index is 0.110. The molecule has 0 aliphatic heterocycles. The van der Waals surface area contributed by atoms with Crippen LogP contribution in [0.2, 0.25) is 0 Å². The molecule has 31 heavy (non-hydrogen) atoms. The Labute approximate surface area is 186 Å². The zero-order valence-corrected chi connectivity index (χ0v) is 19.3. The van der Waals surface area contributed by atoms with Crippen LogP contribution in [0.15, 0.2) is 48.5 Å².